The van der Waals surface area contributed by atoms with Crippen LogP contribution in [0.5, 0.6) is 0 Å². The second-order valence-electron chi connectivity index (χ2n) is 4.32. The van der Waals surface area contributed by atoms with Gasteiger partial charge in [0.15, 0.2) is 0 Å². The Kier molecular flexibility index (Phi) is 3.59. The highest BCUT2D eigenvalue weighted by atomic mass is 16.5. The molecule has 2 aliphatic carbocycles. The first-order valence-electron chi connectivity index (χ1n) is 5.87. The van der Waals surface area contributed by atoms with Gasteiger partial charge >= 0.3 is 5.97 Å². The van der Waals surface area contributed by atoms with Crippen LogP contribution in [0.1, 0.15) is 38.5 Å². The molecular formula is C13H18O2. The summed E-state index contributed by atoms with van der Waals surface area (Å²) < 4.78 is 5.51. The smallest absolute Gasteiger partial charge is 0.309 e. The second kappa shape index (κ2) is 5.15. The van der Waals surface area contributed by atoms with Crippen molar-refractivity contribution in [2.45, 2.75) is 44.6 Å². The third kappa shape index (κ3) is 2.95. The number of allylic oxidation sites excluding steroid dienone is 3. The van der Waals surface area contributed by atoms with E-state index in [1.54, 1.807) is 0 Å². The van der Waals surface area contributed by atoms with Crippen LogP contribution in [0.2, 0.25) is 0 Å². The Morgan fingerprint density at radius 3 is 2.33 bits per heavy atom. The van der Waals surface area contributed by atoms with Crippen LogP contribution in [0, 0.1) is 5.92 Å². The van der Waals surface area contributed by atoms with Crippen LogP contribution in [0.15, 0.2) is 24.3 Å². The van der Waals surface area contributed by atoms with Crippen molar-refractivity contribution in [3.63, 3.8) is 0 Å². The average Bonchev–Trinajstić information content (AvgIpc) is 2.31. The van der Waals surface area contributed by atoms with Crippen molar-refractivity contribution in [1.29, 1.82) is 0 Å². The first kappa shape index (κ1) is 10.5. The van der Waals surface area contributed by atoms with Gasteiger partial charge in [-0.15, -0.1) is 0 Å². The van der Waals surface area contributed by atoms with Crippen LogP contribution in [0.25, 0.3) is 0 Å². The van der Waals surface area contributed by atoms with Gasteiger partial charge in [-0.1, -0.05) is 24.3 Å². The Balaban J connectivity index is 1.80. The second-order valence-corrected chi connectivity index (χ2v) is 4.32. The van der Waals surface area contributed by atoms with E-state index in [4.69, 9.17) is 4.74 Å². The summed E-state index contributed by atoms with van der Waals surface area (Å²) in [6.45, 7) is 0. The molecule has 0 unspecified atom stereocenters. The minimum Gasteiger partial charge on any atom is -0.462 e. The van der Waals surface area contributed by atoms with E-state index in [2.05, 4.69) is 24.3 Å². The van der Waals surface area contributed by atoms with Crippen molar-refractivity contribution in [2.75, 3.05) is 0 Å². The van der Waals surface area contributed by atoms with Gasteiger partial charge in [0, 0.05) is 6.42 Å². The number of carbonyl (C=O) groups is 1. The van der Waals surface area contributed by atoms with E-state index in [1.807, 2.05) is 0 Å². The molecule has 2 aliphatic rings. The first-order chi connectivity index (χ1) is 7.36. The van der Waals surface area contributed by atoms with Gasteiger partial charge in [-0.05, 0) is 32.1 Å². The molecule has 15 heavy (non-hydrogen) atoms. The molecule has 2 nitrogen and oxygen atoms in total. The van der Waals surface area contributed by atoms with Crippen LogP contribution in [-0.2, 0) is 9.53 Å². The lowest BCUT2D eigenvalue weighted by Crippen LogP contribution is -2.25. The fourth-order valence-corrected chi connectivity index (χ4v) is 2.14. The Bertz CT molecular complexity index is 278. The van der Waals surface area contributed by atoms with E-state index in [9.17, 15) is 4.79 Å². The third-order valence-corrected chi connectivity index (χ3v) is 3.11. The summed E-state index contributed by atoms with van der Waals surface area (Å²) in [5.41, 5.74) is 0. The molecule has 0 fully saturated rings. The van der Waals surface area contributed by atoms with Crippen molar-refractivity contribution >= 4 is 5.97 Å². The summed E-state index contributed by atoms with van der Waals surface area (Å²) in [5.74, 6) is 0.126. The number of rotatable bonds is 2. The molecule has 0 radical (unpaired) electrons. The first-order valence-corrected chi connectivity index (χ1v) is 5.87. The van der Waals surface area contributed by atoms with Gasteiger partial charge in [-0.25, -0.2) is 0 Å². The zero-order valence-electron chi connectivity index (χ0n) is 9.02. The monoisotopic (exact) mass is 206 g/mol. The van der Waals surface area contributed by atoms with Gasteiger partial charge in [0.05, 0.1) is 5.92 Å². The predicted molar refractivity (Wildman–Crippen MR) is 59.4 cm³/mol. The fraction of sp³-hybridized carbons (Fsp3) is 0.615. The average molecular weight is 206 g/mol. The molecular weight excluding hydrogens is 188 g/mol. The minimum atomic E-state index is 0.0136. The maximum atomic E-state index is 11.8. The summed E-state index contributed by atoms with van der Waals surface area (Å²) in [6, 6.07) is 0. The highest BCUT2D eigenvalue weighted by Gasteiger charge is 2.23. The summed E-state index contributed by atoms with van der Waals surface area (Å²) in [5, 5.41) is 0. The van der Waals surface area contributed by atoms with Gasteiger partial charge in [0.2, 0.25) is 0 Å². The molecule has 0 saturated heterocycles. The Labute approximate surface area is 91.0 Å². The van der Waals surface area contributed by atoms with Gasteiger partial charge in [-0.2, -0.15) is 0 Å². The minimum absolute atomic E-state index is 0.0136. The molecule has 0 saturated carbocycles. The van der Waals surface area contributed by atoms with Crippen molar-refractivity contribution in [3.8, 4) is 0 Å². The molecule has 0 aromatic rings. The van der Waals surface area contributed by atoms with Gasteiger partial charge in [-0.3, -0.25) is 4.79 Å². The quantitative estimate of drug-likeness (QED) is 0.513. The Morgan fingerprint density at radius 1 is 1.00 bits per heavy atom. The molecule has 0 bridgehead atoms. The van der Waals surface area contributed by atoms with Crippen LogP contribution < -0.4 is 0 Å². The number of carbonyl (C=O) groups excluding carboxylic acids is 1. The molecule has 2 atom stereocenters. The molecule has 82 valence electrons. The lowest BCUT2D eigenvalue weighted by Gasteiger charge is -2.22. The van der Waals surface area contributed by atoms with Crippen molar-refractivity contribution in [2.24, 2.45) is 5.92 Å². The summed E-state index contributed by atoms with van der Waals surface area (Å²) in [6.07, 6.45) is 14.4. The maximum Gasteiger partial charge on any atom is 0.309 e. The van der Waals surface area contributed by atoms with Gasteiger partial charge < -0.3 is 4.74 Å². The molecule has 2 heteroatoms. The molecule has 0 aromatic carbocycles. The van der Waals surface area contributed by atoms with E-state index in [0.29, 0.717) is 0 Å². The van der Waals surface area contributed by atoms with Gasteiger partial charge in [0.25, 0.3) is 0 Å². The SMILES string of the molecule is O=C(O[C@@H]1CC=CCC1)[C@@H]1CC=CCC1. The molecule has 0 amide bonds. The van der Waals surface area contributed by atoms with Crippen LogP contribution in [0.3, 0.4) is 0 Å². The van der Waals surface area contributed by atoms with E-state index < -0.39 is 0 Å². The third-order valence-electron chi connectivity index (χ3n) is 3.11. The maximum absolute atomic E-state index is 11.8. The Hall–Kier alpha value is -1.05. The zero-order valence-corrected chi connectivity index (χ0v) is 9.02. The Morgan fingerprint density at radius 2 is 1.73 bits per heavy atom. The van der Waals surface area contributed by atoms with E-state index >= 15 is 0 Å². The van der Waals surface area contributed by atoms with Crippen molar-refractivity contribution in [3.05, 3.63) is 24.3 Å². The molecule has 0 aromatic heterocycles. The summed E-state index contributed by atoms with van der Waals surface area (Å²) in [4.78, 5) is 11.8. The zero-order chi connectivity index (χ0) is 10.5. The fourth-order valence-electron chi connectivity index (χ4n) is 2.14. The van der Waals surface area contributed by atoms with Crippen molar-refractivity contribution < 1.29 is 9.53 Å². The highest BCUT2D eigenvalue weighted by molar-refractivity contribution is 5.73. The van der Waals surface area contributed by atoms with E-state index in [0.717, 1.165) is 38.5 Å². The largest absolute Gasteiger partial charge is 0.462 e. The standard InChI is InChI=1S/C13H18O2/c14-13(11-7-3-1-4-8-11)15-12-9-5-2-6-10-12/h1-3,5,11-12H,4,6-10H2/t11-,12-/m1/s1. The topological polar surface area (TPSA) is 26.3 Å². The molecule has 0 N–H and O–H groups in total. The number of hydrogen-bond donors (Lipinski definition) is 0. The normalized spacial score (nSPS) is 30.1. The lowest BCUT2D eigenvalue weighted by atomic mass is 9.94. The van der Waals surface area contributed by atoms with Crippen molar-refractivity contribution in [1.82, 2.24) is 0 Å². The number of ether oxygens (including phenoxy) is 1. The molecule has 0 spiro atoms. The predicted octanol–water partition coefficient (Wildman–Crippen LogP) is 2.99. The number of hydrogen-bond acceptors (Lipinski definition) is 2. The van der Waals surface area contributed by atoms with E-state index in [1.165, 1.54) is 0 Å². The molecule has 0 heterocycles. The van der Waals surface area contributed by atoms with E-state index in [-0.39, 0.29) is 18.0 Å². The van der Waals surface area contributed by atoms with Gasteiger partial charge in [0.1, 0.15) is 6.10 Å². The lowest BCUT2D eigenvalue weighted by molar-refractivity contribution is -0.154. The van der Waals surface area contributed by atoms with Crippen LogP contribution in [0.4, 0.5) is 0 Å². The highest BCUT2D eigenvalue weighted by Crippen LogP contribution is 2.22. The number of esters is 1. The van der Waals surface area contributed by atoms with Crippen LogP contribution >= 0.6 is 0 Å². The summed E-state index contributed by atoms with van der Waals surface area (Å²) in [7, 11) is 0. The molecule has 2 rings (SSSR count). The summed E-state index contributed by atoms with van der Waals surface area (Å²) >= 11 is 0. The van der Waals surface area contributed by atoms with Crippen LogP contribution in [-0.4, -0.2) is 12.1 Å². The molecule has 0 aliphatic heterocycles.